The Labute approximate surface area is 113 Å². The summed E-state index contributed by atoms with van der Waals surface area (Å²) in [6.07, 6.45) is 5.36. The van der Waals surface area contributed by atoms with Gasteiger partial charge in [-0.1, -0.05) is 6.92 Å². The molecule has 4 nitrogen and oxygen atoms in total. The lowest BCUT2D eigenvalue weighted by Gasteiger charge is -2.30. The average Bonchev–Trinajstić information content (AvgIpc) is 2.85. The van der Waals surface area contributed by atoms with Crippen molar-refractivity contribution < 1.29 is 5.11 Å². The fraction of sp³-hybridized carbons (Fsp3) is 0.769. The molecule has 2 N–H and O–H groups in total. The van der Waals surface area contributed by atoms with Crippen LogP contribution in [0.3, 0.4) is 0 Å². The van der Waals surface area contributed by atoms with Crippen LogP contribution in [0.2, 0.25) is 0 Å². The van der Waals surface area contributed by atoms with Crippen LogP contribution in [0.25, 0.3) is 0 Å². The third-order valence-corrected chi connectivity index (χ3v) is 4.36. The van der Waals surface area contributed by atoms with Crippen LogP contribution in [0.4, 0.5) is 5.13 Å². The average molecular weight is 269 g/mol. The number of nitrogens with one attached hydrogen (secondary N) is 1. The van der Waals surface area contributed by atoms with Gasteiger partial charge in [0.1, 0.15) is 0 Å². The van der Waals surface area contributed by atoms with Crippen LogP contribution >= 0.6 is 11.3 Å². The van der Waals surface area contributed by atoms with Crippen molar-refractivity contribution in [1.29, 1.82) is 0 Å². The van der Waals surface area contributed by atoms with E-state index in [9.17, 15) is 0 Å². The number of hydrogen-bond donors (Lipinski definition) is 2. The first-order chi connectivity index (χ1) is 8.81. The molecular weight excluding hydrogens is 246 g/mol. The van der Waals surface area contributed by atoms with Gasteiger partial charge in [0.2, 0.25) is 0 Å². The minimum atomic E-state index is 0.347. The lowest BCUT2D eigenvalue weighted by molar-refractivity contribution is 0.128. The van der Waals surface area contributed by atoms with Crippen LogP contribution in [0.15, 0.2) is 6.20 Å². The highest BCUT2D eigenvalue weighted by Gasteiger charge is 2.18. The number of aliphatic hydroxyl groups is 1. The van der Waals surface area contributed by atoms with Crippen LogP contribution in [-0.4, -0.2) is 41.2 Å². The summed E-state index contributed by atoms with van der Waals surface area (Å²) in [5, 5.41) is 13.5. The summed E-state index contributed by atoms with van der Waals surface area (Å²) in [5.41, 5.74) is 0. The molecule has 1 aromatic rings. The molecule has 0 spiro atoms. The lowest BCUT2D eigenvalue weighted by Crippen LogP contribution is -2.34. The summed E-state index contributed by atoms with van der Waals surface area (Å²) in [6.45, 7) is 6.70. The Kier molecular flexibility index (Phi) is 5.41. The summed E-state index contributed by atoms with van der Waals surface area (Å²) in [7, 11) is 0. The van der Waals surface area contributed by atoms with Gasteiger partial charge in [0.25, 0.3) is 0 Å². The first-order valence-electron chi connectivity index (χ1n) is 6.83. The highest BCUT2D eigenvalue weighted by atomic mass is 32.1. The summed E-state index contributed by atoms with van der Waals surface area (Å²) < 4.78 is 0. The molecule has 102 valence electrons. The number of anilines is 1. The minimum Gasteiger partial charge on any atom is -0.396 e. The zero-order chi connectivity index (χ0) is 12.8. The summed E-state index contributed by atoms with van der Waals surface area (Å²) in [4.78, 5) is 8.18. The zero-order valence-corrected chi connectivity index (χ0v) is 11.9. The highest BCUT2D eigenvalue weighted by molar-refractivity contribution is 7.15. The number of aromatic nitrogens is 1. The maximum atomic E-state index is 9.12. The van der Waals surface area contributed by atoms with Gasteiger partial charge in [-0.05, 0) is 38.3 Å². The van der Waals surface area contributed by atoms with E-state index in [0.29, 0.717) is 12.5 Å². The van der Waals surface area contributed by atoms with E-state index in [0.717, 1.165) is 50.6 Å². The minimum absolute atomic E-state index is 0.347. The summed E-state index contributed by atoms with van der Waals surface area (Å²) in [6, 6.07) is 0. The molecule has 0 amide bonds. The van der Waals surface area contributed by atoms with Gasteiger partial charge >= 0.3 is 0 Å². The topological polar surface area (TPSA) is 48.4 Å². The smallest absolute Gasteiger partial charge is 0.182 e. The molecule has 0 atom stereocenters. The first kappa shape index (κ1) is 13.8. The number of likely N-dealkylation sites (tertiary alicyclic amines) is 1. The van der Waals surface area contributed by atoms with Crippen molar-refractivity contribution in [2.75, 3.05) is 31.6 Å². The maximum Gasteiger partial charge on any atom is 0.182 e. The second-order valence-electron chi connectivity index (χ2n) is 4.96. The van der Waals surface area contributed by atoms with Crippen molar-refractivity contribution in [2.45, 2.75) is 32.7 Å². The molecule has 2 heterocycles. The Morgan fingerprint density at radius 2 is 2.28 bits per heavy atom. The highest BCUT2D eigenvalue weighted by Crippen LogP contribution is 2.23. The van der Waals surface area contributed by atoms with E-state index in [-0.39, 0.29) is 0 Å². The van der Waals surface area contributed by atoms with Crippen molar-refractivity contribution in [1.82, 2.24) is 9.88 Å². The quantitative estimate of drug-likeness (QED) is 0.831. The van der Waals surface area contributed by atoms with E-state index in [4.69, 9.17) is 5.11 Å². The van der Waals surface area contributed by atoms with Crippen LogP contribution in [0.5, 0.6) is 0 Å². The molecule has 0 aliphatic carbocycles. The monoisotopic (exact) mass is 269 g/mol. The predicted octanol–water partition coefficient (Wildman–Crippen LogP) is 2.17. The van der Waals surface area contributed by atoms with Crippen LogP contribution in [0.1, 0.15) is 31.1 Å². The third-order valence-electron chi connectivity index (χ3n) is 3.42. The Morgan fingerprint density at radius 1 is 1.50 bits per heavy atom. The third kappa shape index (κ3) is 3.93. The molecule has 1 fully saturated rings. The molecule has 1 saturated heterocycles. The zero-order valence-electron chi connectivity index (χ0n) is 11.1. The number of thiazole rings is 1. The Bertz CT molecular complexity index is 348. The van der Waals surface area contributed by atoms with Crippen molar-refractivity contribution >= 4 is 16.5 Å². The molecule has 0 saturated carbocycles. The van der Waals surface area contributed by atoms with E-state index in [1.165, 1.54) is 4.88 Å². The van der Waals surface area contributed by atoms with E-state index >= 15 is 0 Å². The first-order valence-corrected chi connectivity index (χ1v) is 7.65. The summed E-state index contributed by atoms with van der Waals surface area (Å²) in [5.74, 6) is 0.518. The Morgan fingerprint density at radius 3 is 2.94 bits per heavy atom. The van der Waals surface area contributed by atoms with Crippen LogP contribution in [-0.2, 0) is 6.54 Å². The molecule has 1 aliphatic heterocycles. The lowest BCUT2D eigenvalue weighted by atomic mass is 9.98. The van der Waals surface area contributed by atoms with Gasteiger partial charge in [-0.25, -0.2) is 4.98 Å². The molecule has 1 aromatic heterocycles. The number of hydrogen-bond acceptors (Lipinski definition) is 5. The van der Waals surface area contributed by atoms with Gasteiger partial charge in [-0.3, -0.25) is 4.90 Å². The SMILES string of the molecule is CCCNc1ncc(CN2CCC(CO)CC2)s1. The van der Waals surface area contributed by atoms with Crippen LogP contribution < -0.4 is 5.32 Å². The maximum absolute atomic E-state index is 9.12. The molecule has 0 unspecified atom stereocenters. The van der Waals surface area contributed by atoms with Crippen molar-refractivity contribution in [3.05, 3.63) is 11.1 Å². The number of piperidine rings is 1. The molecule has 5 heteroatoms. The number of aliphatic hydroxyl groups excluding tert-OH is 1. The van der Waals surface area contributed by atoms with Gasteiger partial charge in [0.05, 0.1) is 0 Å². The van der Waals surface area contributed by atoms with Gasteiger partial charge in [-0.2, -0.15) is 0 Å². The van der Waals surface area contributed by atoms with Crippen molar-refractivity contribution in [2.24, 2.45) is 5.92 Å². The second-order valence-corrected chi connectivity index (χ2v) is 6.08. The Balaban J connectivity index is 1.77. The van der Waals surface area contributed by atoms with Crippen molar-refractivity contribution in [3.8, 4) is 0 Å². The Hall–Kier alpha value is -0.650. The normalized spacial score (nSPS) is 18.1. The fourth-order valence-corrected chi connectivity index (χ4v) is 3.12. The molecule has 18 heavy (non-hydrogen) atoms. The number of nitrogens with zero attached hydrogens (tertiary/aromatic N) is 2. The van der Waals surface area contributed by atoms with Gasteiger partial charge in [0.15, 0.2) is 5.13 Å². The van der Waals surface area contributed by atoms with E-state index in [1.54, 1.807) is 11.3 Å². The number of rotatable bonds is 6. The van der Waals surface area contributed by atoms with E-state index in [2.05, 4.69) is 22.1 Å². The molecule has 0 radical (unpaired) electrons. The molecule has 0 bridgehead atoms. The fourth-order valence-electron chi connectivity index (χ4n) is 2.24. The predicted molar refractivity (Wildman–Crippen MR) is 76.0 cm³/mol. The van der Waals surface area contributed by atoms with E-state index in [1.807, 2.05) is 6.20 Å². The summed E-state index contributed by atoms with van der Waals surface area (Å²) >= 11 is 1.76. The molecule has 0 aromatic carbocycles. The molecule has 2 rings (SSSR count). The second kappa shape index (κ2) is 7.07. The largest absolute Gasteiger partial charge is 0.396 e. The van der Waals surface area contributed by atoms with Crippen LogP contribution in [0, 0.1) is 5.92 Å². The standard InChI is InChI=1S/C13H23N3OS/c1-2-5-14-13-15-8-12(18-13)9-16-6-3-11(10-17)4-7-16/h8,11,17H,2-7,9-10H2,1H3,(H,14,15). The van der Waals surface area contributed by atoms with Gasteiger partial charge in [-0.15, -0.1) is 11.3 Å². The molecular formula is C13H23N3OS. The van der Waals surface area contributed by atoms with E-state index < -0.39 is 0 Å². The van der Waals surface area contributed by atoms with Crippen molar-refractivity contribution in [3.63, 3.8) is 0 Å². The van der Waals surface area contributed by atoms with Gasteiger partial charge in [0, 0.05) is 30.8 Å². The van der Waals surface area contributed by atoms with Gasteiger partial charge < -0.3 is 10.4 Å². The molecule has 1 aliphatic rings.